The van der Waals surface area contributed by atoms with Crippen LogP contribution in [-0.4, -0.2) is 21.7 Å². The molecule has 0 saturated carbocycles. The van der Waals surface area contributed by atoms with Crippen molar-refractivity contribution in [2.75, 3.05) is 6.61 Å². The number of aryl methyl sites for hydroxylation is 1. The quantitative estimate of drug-likeness (QED) is 0.855. The van der Waals surface area contributed by atoms with Crippen molar-refractivity contribution in [2.45, 2.75) is 51.7 Å². The van der Waals surface area contributed by atoms with Crippen LogP contribution < -0.4 is 0 Å². The van der Waals surface area contributed by atoms with Gasteiger partial charge < -0.3 is 9.84 Å². The fraction of sp³-hybridized carbons (Fsp3) is 0.692. The highest BCUT2D eigenvalue weighted by atomic mass is 16.5. The third kappa shape index (κ3) is 2.48. The average Bonchev–Trinajstić information content (AvgIpc) is 2.29. The van der Waals surface area contributed by atoms with E-state index in [1.807, 2.05) is 13.8 Å². The zero-order valence-corrected chi connectivity index (χ0v) is 10.7. The molecule has 0 radical (unpaired) electrons. The van der Waals surface area contributed by atoms with Crippen molar-refractivity contribution >= 4 is 0 Å². The van der Waals surface area contributed by atoms with E-state index in [1.165, 1.54) is 0 Å². The van der Waals surface area contributed by atoms with Crippen LogP contribution in [0.1, 0.15) is 56.3 Å². The lowest BCUT2D eigenvalue weighted by atomic mass is 9.94. The van der Waals surface area contributed by atoms with Gasteiger partial charge in [0, 0.05) is 24.1 Å². The average molecular weight is 236 g/mol. The van der Waals surface area contributed by atoms with Gasteiger partial charge >= 0.3 is 0 Å². The lowest BCUT2D eigenvalue weighted by Crippen LogP contribution is -2.32. The van der Waals surface area contributed by atoms with E-state index in [2.05, 4.69) is 9.97 Å². The standard InChI is InChI=1S/C13H20N2O2/c1-9-11(10(2)16)8-14-12(15-9)13(3)6-4-5-7-17-13/h8,10,16H,4-7H2,1-3H3/t10-,13?/m1/s1. The van der Waals surface area contributed by atoms with E-state index in [4.69, 9.17) is 4.74 Å². The van der Waals surface area contributed by atoms with E-state index in [-0.39, 0.29) is 5.60 Å². The molecule has 1 aromatic rings. The van der Waals surface area contributed by atoms with Crippen LogP contribution in [0.4, 0.5) is 0 Å². The summed E-state index contributed by atoms with van der Waals surface area (Å²) >= 11 is 0. The first kappa shape index (κ1) is 12.5. The van der Waals surface area contributed by atoms with Crippen LogP contribution >= 0.6 is 0 Å². The number of aliphatic hydroxyl groups is 1. The maximum atomic E-state index is 9.56. The Morgan fingerprint density at radius 3 is 2.76 bits per heavy atom. The van der Waals surface area contributed by atoms with E-state index in [0.717, 1.165) is 43.0 Å². The number of aliphatic hydroxyl groups excluding tert-OH is 1. The molecule has 0 aromatic carbocycles. The summed E-state index contributed by atoms with van der Waals surface area (Å²) in [6.07, 6.45) is 4.41. The van der Waals surface area contributed by atoms with Gasteiger partial charge in [0.1, 0.15) is 5.60 Å². The Labute approximate surface area is 102 Å². The van der Waals surface area contributed by atoms with Crippen LogP contribution in [-0.2, 0) is 10.3 Å². The molecule has 2 atom stereocenters. The second kappa shape index (κ2) is 4.70. The lowest BCUT2D eigenvalue weighted by molar-refractivity contribution is -0.0762. The molecule has 1 fully saturated rings. The van der Waals surface area contributed by atoms with Gasteiger partial charge in [0.15, 0.2) is 5.82 Å². The summed E-state index contributed by atoms with van der Waals surface area (Å²) in [6, 6.07) is 0. The Hall–Kier alpha value is -1.00. The molecular weight excluding hydrogens is 216 g/mol. The molecule has 1 unspecified atom stereocenters. The molecule has 2 rings (SSSR count). The van der Waals surface area contributed by atoms with Gasteiger partial charge in [-0.2, -0.15) is 0 Å². The molecule has 17 heavy (non-hydrogen) atoms. The summed E-state index contributed by atoms with van der Waals surface area (Å²) in [6.45, 7) is 6.45. The first-order valence-corrected chi connectivity index (χ1v) is 6.19. The highest BCUT2D eigenvalue weighted by Crippen LogP contribution is 2.32. The zero-order valence-electron chi connectivity index (χ0n) is 10.7. The maximum absolute atomic E-state index is 9.56. The highest BCUT2D eigenvalue weighted by molar-refractivity contribution is 5.20. The van der Waals surface area contributed by atoms with Crippen LogP contribution in [0.3, 0.4) is 0 Å². The fourth-order valence-corrected chi connectivity index (χ4v) is 2.25. The van der Waals surface area contributed by atoms with E-state index in [1.54, 1.807) is 13.1 Å². The van der Waals surface area contributed by atoms with Crippen molar-refractivity contribution < 1.29 is 9.84 Å². The van der Waals surface area contributed by atoms with E-state index in [0.29, 0.717) is 0 Å². The van der Waals surface area contributed by atoms with Crippen molar-refractivity contribution in [1.82, 2.24) is 9.97 Å². The molecular formula is C13H20N2O2. The van der Waals surface area contributed by atoms with Crippen LogP contribution in [0, 0.1) is 6.92 Å². The van der Waals surface area contributed by atoms with Gasteiger partial charge in [-0.3, -0.25) is 0 Å². The SMILES string of the molecule is Cc1nc(C2(C)CCCCO2)ncc1[C@@H](C)O. The molecule has 1 saturated heterocycles. The second-order valence-corrected chi connectivity index (χ2v) is 4.95. The van der Waals surface area contributed by atoms with Crippen molar-refractivity contribution in [3.05, 3.63) is 23.3 Å². The molecule has 1 N–H and O–H groups in total. The van der Waals surface area contributed by atoms with Crippen LogP contribution in [0.15, 0.2) is 6.20 Å². The number of ether oxygens (including phenoxy) is 1. The van der Waals surface area contributed by atoms with Gasteiger partial charge in [-0.25, -0.2) is 9.97 Å². The summed E-state index contributed by atoms with van der Waals surface area (Å²) in [5, 5.41) is 9.56. The zero-order chi connectivity index (χ0) is 12.5. The summed E-state index contributed by atoms with van der Waals surface area (Å²) < 4.78 is 5.82. The Morgan fingerprint density at radius 1 is 1.47 bits per heavy atom. The Balaban J connectivity index is 2.30. The Bertz CT molecular complexity index is 398. The van der Waals surface area contributed by atoms with Crippen LogP contribution in [0.25, 0.3) is 0 Å². The molecule has 0 spiro atoms. The van der Waals surface area contributed by atoms with Gasteiger partial charge in [0.2, 0.25) is 0 Å². The number of aromatic nitrogens is 2. The van der Waals surface area contributed by atoms with E-state index < -0.39 is 6.10 Å². The van der Waals surface area contributed by atoms with Crippen molar-refractivity contribution in [1.29, 1.82) is 0 Å². The van der Waals surface area contributed by atoms with Gasteiger partial charge in [0.25, 0.3) is 0 Å². The second-order valence-electron chi connectivity index (χ2n) is 4.95. The van der Waals surface area contributed by atoms with Crippen molar-refractivity contribution in [3.63, 3.8) is 0 Å². The molecule has 0 amide bonds. The van der Waals surface area contributed by atoms with E-state index >= 15 is 0 Å². The number of hydrogen-bond donors (Lipinski definition) is 1. The number of hydrogen-bond acceptors (Lipinski definition) is 4. The minimum atomic E-state index is -0.524. The summed E-state index contributed by atoms with van der Waals surface area (Å²) in [5.41, 5.74) is 1.26. The molecule has 2 heterocycles. The monoisotopic (exact) mass is 236 g/mol. The van der Waals surface area contributed by atoms with Gasteiger partial charge in [-0.1, -0.05) is 0 Å². The maximum Gasteiger partial charge on any atom is 0.160 e. The minimum absolute atomic E-state index is 0.361. The fourth-order valence-electron chi connectivity index (χ4n) is 2.25. The van der Waals surface area contributed by atoms with E-state index in [9.17, 15) is 5.11 Å². The first-order valence-electron chi connectivity index (χ1n) is 6.19. The normalized spacial score (nSPS) is 26.8. The third-order valence-corrected chi connectivity index (χ3v) is 3.41. The molecule has 0 aliphatic carbocycles. The minimum Gasteiger partial charge on any atom is -0.389 e. The highest BCUT2D eigenvalue weighted by Gasteiger charge is 2.33. The number of nitrogens with zero attached hydrogens (tertiary/aromatic N) is 2. The van der Waals surface area contributed by atoms with Crippen molar-refractivity contribution in [2.24, 2.45) is 0 Å². The summed E-state index contributed by atoms with van der Waals surface area (Å²) in [7, 11) is 0. The predicted octanol–water partition coefficient (Wildman–Crippen LogP) is 2.25. The van der Waals surface area contributed by atoms with Crippen molar-refractivity contribution in [3.8, 4) is 0 Å². The topological polar surface area (TPSA) is 55.2 Å². The summed E-state index contributed by atoms with van der Waals surface area (Å²) in [5.74, 6) is 0.735. The largest absolute Gasteiger partial charge is 0.389 e. The van der Waals surface area contributed by atoms with Gasteiger partial charge in [-0.05, 0) is 40.0 Å². The predicted molar refractivity (Wildman–Crippen MR) is 64.6 cm³/mol. The first-order chi connectivity index (χ1) is 8.03. The molecule has 1 aromatic heterocycles. The van der Waals surface area contributed by atoms with Crippen LogP contribution in [0.5, 0.6) is 0 Å². The van der Waals surface area contributed by atoms with Gasteiger partial charge in [-0.15, -0.1) is 0 Å². The smallest absolute Gasteiger partial charge is 0.160 e. The molecule has 0 bridgehead atoms. The molecule has 1 aliphatic heterocycles. The molecule has 4 heteroatoms. The summed E-state index contributed by atoms with van der Waals surface area (Å²) in [4.78, 5) is 8.85. The molecule has 4 nitrogen and oxygen atoms in total. The van der Waals surface area contributed by atoms with Crippen LogP contribution in [0.2, 0.25) is 0 Å². The Morgan fingerprint density at radius 2 is 2.24 bits per heavy atom. The lowest BCUT2D eigenvalue weighted by Gasteiger charge is -2.32. The number of rotatable bonds is 2. The molecule has 1 aliphatic rings. The van der Waals surface area contributed by atoms with Gasteiger partial charge in [0.05, 0.1) is 6.10 Å². The molecule has 94 valence electrons. The Kier molecular flexibility index (Phi) is 3.45. The third-order valence-electron chi connectivity index (χ3n) is 3.41.